The first-order valence-corrected chi connectivity index (χ1v) is 18.7. The average Bonchev–Trinajstić information content (AvgIpc) is 3.54. The second-order valence-corrected chi connectivity index (χ2v) is 14.4. The number of allylic oxidation sites excluding steroid dienone is 4. The topological polar surface area (TPSA) is 35.0 Å². The Morgan fingerprint density at radius 2 is 1.11 bits per heavy atom. The van der Waals surface area contributed by atoms with Gasteiger partial charge in [0.05, 0.1) is 16.6 Å². The molecule has 3 atom stereocenters. The third-order valence-corrected chi connectivity index (χ3v) is 11.7. The van der Waals surface area contributed by atoms with Gasteiger partial charge in [0.15, 0.2) is 5.82 Å². The van der Waals surface area contributed by atoms with Crippen LogP contribution in [0.15, 0.2) is 194 Å². The molecule has 7 aromatic carbocycles. The minimum absolute atomic E-state index is 0.246. The Morgan fingerprint density at radius 1 is 0.463 bits per heavy atom. The highest BCUT2D eigenvalue weighted by Crippen LogP contribution is 2.64. The molecular formula is C51H34N2O. The minimum atomic E-state index is -0.355. The Kier molecular flexibility index (Phi) is 6.90. The molecule has 2 heterocycles. The first kappa shape index (κ1) is 30.8. The number of ether oxygens (including phenoxy) is 1. The van der Waals surface area contributed by atoms with Gasteiger partial charge in [-0.3, -0.25) is 0 Å². The molecule has 0 fully saturated rings. The zero-order valence-corrected chi connectivity index (χ0v) is 29.4. The molecule has 254 valence electrons. The van der Waals surface area contributed by atoms with Gasteiger partial charge in [-0.15, -0.1) is 0 Å². The van der Waals surface area contributed by atoms with Crippen molar-refractivity contribution < 1.29 is 4.74 Å². The van der Waals surface area contributed by atoms with Crippen LogP contribution in [0, 0.1) is 5.92 Å². The SMILES string of the molecule is C1=CC2c3ccccc3C3(c4ccccc4Oc4cc(-c5ccccc5-c5ccc(-c6nc(-c7ccccc7)nc7ccccc67)cc5)ccc43)C2C=C1. The van der Waals surface area contributed by atoms with Crippen LogP contribution in [0.3, 0.4) is 0 Å². The van der Waals surface area contributed by atoms with E-state index in [1.54, 1.807) is 0 Å². The van der Waals surface area contributed by atoms with Crippen molar-refractivity contribution in [3.05, 3.63) is 216 Å². The molecule has 2 aliphatic carbocycles. The molecule has 0 radical (unpaired) electrons. The fourth-order valence-corrected chi connectivity index (χ4v) is 9.35. The highest BCUT2D eigenvalue weighted by atomic mass is 16.5. The van der Waals surface area contributed by atoms with Gasteiger partial charge in [-0.2, -0.15) is 0 Å². The number of hydrogen-bond donors (Lipinski definition) is 0. The molecule has 0 saturated heterocycles. The number of rotatable bonds is 4. The summed E-state index contributed by atoms with van der Waals surface area (Å²) in [6.07, 6.45) is 9.21. The van der Waals surface area contributed by atoms with E-state index in [1.165, 1.54) is 27.8 Å². The second kappa shape index (κ2) is 12.1. The van der Waals surface area contributed by atoms with Crippen molar-refractivity contribution in [3.63, 3.8) is 0 Å². The predicted molar refractivity (Wildman–Crippen MR) is 219 cm³/mol. The molecule has 1 spiro atoms. The molecule has 0 bridgehead atoms. The Bertz CT molecular complexity index is 2820. The number of fused-ring (bicyclic) bond motifs is 10. The smallest absolute Gasteiger partial charge is 0.160 e. The van der Waals surface area contributed by atoms with Gasteiger partial charge in [0.1, 0.15) is 11.5 Å². The van der Waals surface area contributed by atoms with Crippen molar-refractivity contribution in [1.82, 2.24) is 9.97 Å². The fourth-order valence-electron chi connectivity index (χ4n) is 9.35. The monoisotopic (exact) mass is 690 g/mol. The van der Waals surface area contributed by atoms with E-state index in [9.17, 15) is 0 Å². The van der Waals surface area contributed by atoms with E-state index in [0.717, 1.165) is 61.7 Å². The van der Waals surface area contributed by atoms with Gasteiger partial charge in [0, 0.05) is 39.5 Å². The maximum Gasteiger partial charge on any atom is 0.160 e. The van der Waals surface area contributed by atoms with Crippen molar-refractivity contribution in [2.75, 3.05) is 0 Å². The van der Waals surface area contributed by atoms with E-state index in [4.69, 9.17) is 14.7 Å². The van der Waals surface area contributed by atoms with E-state index in [0.29, 0.717) is 5.92 Å². The van der Waals surface area contributed by atoms with Crippen LogP contribution in [0.25, 0.3) is 55.8 Å². The van der Waals surface area contributed by atoms with Crippen LogP contribution in [0.5, 0.6) is 11.5 Å². The lowest BCUT2D eigenvalue weighted by Gasteiger charge is -2.43. The van der Waals surface area contributed by atoms with Crippen LogP contribution < -0.4 is 4.74 Å². The zero-order chi connectivity index (χ0) is 35.6. The summed E-state index contributed by atoms with van der Waals surface area (Å²) in [5, 5.41) is 1.04. The quantitative estimate of drug-likeness (QED) is 0.184. The van der Waals surface area contributed by atoms with E-state index in [-0.39, 0.29) is 11.3 Å². The molecule has 8 aromatic rings. The van der Waals surface area contributed by atoms with Crippen LogP contribution in [0.4, 0.5) is 0 Å². The predicted octanol–water partition coefficient (Wildman–Crippen LogP) is 12.6. The molecule has 0 saturated carbocycles. The lowest BCUT2D eigenvalue weighted by molar-refractivity contribution is 0.374. The summed E-state index contributed by atoms with van der Waals surface area (Å²) in [5.41, 5.74) is 13.4. The minimum Gasteiger partial charge on any atom is -0.457 e. The average molecular weight is 691 g/mol. The molecule has 1 aromatic heterocycles. The van der Waals surface area contributed by atoms with Crippen LogP contribution in [0.1, 0.15) is 28.2 Å². The molecule has 3 aliphatic rings. The standard InChI is InChI=1S/C51H34N2O/c1-2-14-35(15-3-1)50-52-46-24-12-8-20-41(46)49(53-50)34-28-26-33(27-29-34)37-16-4-5-17-38(37)36-30-31-45-48(32-36)54-47-25-13-11-23-44(47)51(45)42-21-9-6-18-39(42)40-19-7-10-22-43(40)51/h1-32,39,42H. The first-order chi connectivity index (χ1) is 26.8. The summed E-state index contributed by atoms with van der Waals surface area (Å²) in [7, 11) is 0. The summed E-state index contributed by atoms with van der Waals surface area (Å²) in [6, 6.07) is 60.5. The zero-order valence-electron chi connectivity index (χ0n) is 29.4. The Labute approximate surface area is 314 Å². The molecule has 0 N–H and O–H groups in total. The Hall–Kier alpha value is -6.84. The number of aromatic nitrogens is 2. The van der Waals surface area contributed by atoms with Gasteiger partial charge in [-0.1, -0.05) is 176 Å². The third kappa shape index (κ3) is 4.55. The number of hydrogen-bond acceptors (Lipinski definition) is 3. The maximum absolute atomic E-state index is 6.85. The highest BCUT2D eigenvalue weighted by Gasteiger charge is 2.56. The summed E-state index contributed by atoms with van der Waals surface area (Å²) in [4.78, 5) is 10.0. The second-order valence-electron chi connectivity index (χ2n) is 14.4. The molecule has 1 aliphatic heterocycles. The van der Waals surface area contributed by atoms with E-state index in [1.807, 2.05) is 24.3 Å². The van der Waals surface area contributed by atoms with E-state index >= 15 is 0 Å². The van der Waals surface area contributed by atoms with Gasteiger partial charge in [0.2, 0.25) is 0 Å². The van der Waals surface area contributed by atoms with Gasteiger partial charge in [-0.05, 0) is 51.6 Å². The van der Waals surface area contributed by atoms with Crippen molar-refractivity contribution in [1.29, 1.82) is 0 Å². The number of benzene rings is 7. The largest absolute Gasteiger partial charge is 0.457 e. The van der Waals surface area contributed by atoms with Crippen LogP contribution in [0.2, 0.25) is 0 Å². The highest BCUT2D eigenvalue weighted by molar-refractivity contribution is 5.94. The maximum atomic E-state index is 6.85. The summed E-state index contributed by atoms with van der Waals surface area (Å²) in [5.74, 6) is 3.12. The number of nitrogens with zero attached hydrogens (tertiary/aromatic N) is 2. The van der Waals surface area contributed by atoms with Gasteiger partial charge < -0.3 is 4.74 Å². The van der Waals surface area contributed by atoms with E-state index < -0.39 is 0 Å². The van der Waals surface area contributed by atoms with E-state index in [2.05, 4.69) is 170 Å². The van der Waals surface area contributed by atoms with Crippen molar-refractivity contribution in [2.24, 2.45) is 5.92 Å². The molecule has 0 amide bonds. The van der Waals surface area contributed by atoms with Gasteiger partial charge >= 0.3 is 0 Å². The molecule has 11 rings (SSSR count). The normalized spacial score (nSPS) is 18.8. The van der Waals surface area contributed by atoms with Crippen LogP contribution in [-0.4, -0.2) is 9.97 Å². The summed E-state index contributed by atoms with van der Waals surface area (Å²) < 4.78 is 6.85. The van der Waals surface area contributed by atoms with Gasteiger partial charge in [0.25, 0.3) is 0 Å². The van der Waals surface area contributed by atoms with Crippen LogP contribution >= 0.6 is 0 Å². The molecule has 3 heteroatoms. The van der Waals surface area contributed by atoms with Crippen LogP contribution in [-0.2, 0) is 5.41 Å². The van der Waals surface area contributed by atoms with Crippen molar-refractivity contribution in [2.45, 2.75) is 11.3 Å². The first-order valence-electron chi connectivity index (χ1n) is 18.7. The summed E-state index contributed by atoms with van der Waals surface area (Å²) in [6.45, 7) is 0. The third-order valence-electron chi connectivity index (χ3n) is 11.7. The Morgan fingerprint density at radius 3 is 1.98 bits per heavy atom. The molecule has 54 heavy (non-hydrogen) atoms. The summed E-state index contributed by atoms with van der Waals surface area (Å²) >= 11 is 0. The molecular weight excluding hydrogens is 657 g/mol. The fraction of sp³-hybridized carbons (Fsp3) is 0.0588. The number of para-hydroxylation sites is 2. The lowest BCUT2D eigenvalue weighted by atomic mass is 9.62. The lowest BCUT2D eigenvalue weighted by Crippen LogP contribution is -2.37. The molecule has 3 unspecified atom stereocenters. The van der Waals surface area contributed by atoms with Gasteiger partial charge in [-0.25, -0.2) is 9.97 Å². The molecule has 3 nitrogen and oxygen atoms in total. The van der Waals surface area contributed by atoms with Crippen molar-refractivity contribution in [3.8, 4) is 56.4 Å². The Balaban J connectivity index is 1.02. The van der Waals surface area contributed by atoms with Crippen molar-refractivity contribution >= 4 is 10.9 Å².